The van der Waals surface area contributed by atoms with E-state index >= 15 is 0 Å². The van der Waals surface area contributed by atoms with Gasteiger partial charge in [-0.05, 0) is 30.1 Å². The molecule has 2 aromatic rings. The first-order valence-electron chi connectivity index (χ1n) is 5.41. The molecule has 0 saturated heterocycles. The molecule has 0 atom stereocenters. The highest BCUT2D eigenvalue weighted by atomic mass is 35.5. The summed E-state index contributed by atoms with van der Waals surface area (Å²) in [5.41, 5.74) is 2.01. The molecule has 1 heterocycles. The molecule has 0 aliphatic carbocycles. The van der Waals surface area contributed by atoms with Gasteiger partial charge in [-0.15, -0.1) is 11.3 Å². The Morgan fingerprint density at radius 3 is 2.67 bits per heavy atom. The largest absolute Gasteiger partial charge is 0.495 e. The third-order valence-electron chi connectivity index (χ3n) is 2.56. The molecule has 0 saturated carbocycles. The Hall–Kier alpha value is -0.740. The van der Waals surface area contributed by atoms with Crippen LogP contribution in [0.2, 0.25) is 10.0 Å². The van der Waals surface area contributed by atoms with Crippen LogP contribution in [0.1, 0.15) is 4.88 Å². The van der Waals surface area contributed by atoms with Crippen LogP contribution in [0.5, 0.6) is 5.75 Å². The van der Waals surface area contributed by atoms with E-state index in [0.29, 0.717) is 15.8 Å². The Morgan fingerprint density at radius 1 is 1.22 bits per heavy atom. The van der Waals surface area contributed by atoms with Crippen molar-refractivity contribution in [3.63, 3.8) is 0 Å². The van der Waals surface area contributed by atoms with E-state index in [1.165, 1.54) is 4.88 Å². The molecular weight excluding hydrogens is 289 g/mol. The Kier molecular flexibility index (Phi) is 4.51. The van der Waals surface area contributed by atoms with Crippen molar-refractivity contribution in [1.82, 2.24) is 5.32 Å². The number of methoxy groups -OCH3 is 1. The zero-order valence-corrected chi connectivity index (χ0v) is 12.4. The SMILES string of the molecule is CNCc1cc(-c2cc(Cl)c(OC)cc2Cl)cs1. The lowest BCUT2D eigenvalue weighted by atomic mass is 10.1. The molecule has 18 heavy (non-hydrogen) atoms. The van der Waals surface area contributed by atoms with Gasteiger partial charge in [-0.1, -0.05) is 23.2 Å². The second kappa shape index (κ2) is 5.93. The molecule has 0 aliphatic heterocycles. The summed E-state index contributed by atoms with van der Waals surface area (Å²) >= 11 is 14.1. The number of thiophene rings is 1. The van der Waals surface area contributed by atoms with Crippen LogP contribution < -0.4 is 10.1 Å². The van der Waals surface area contributed by atoms with E-state index in [0.717, 1.165) is 17.7 Å². The average molecular weight is 302 g/mol. The van der Waals surface area contributed by atoms with E-state index in [1.807, 2.05) is 13.1 Å². The minimum Gasteiger partial charge on any atom is -0.495 e. The first kappa shape index (κ1) is 13.7. The highest BCUT2D eigenvalue weighted by Gasteiger charge is 2.11. The van der Waals surface area contributed by atoms with Gasteiger partial charge in [0.15, 0.2) is 0 Å². The molecule has 5 heteroatoms. The molecule has 2 nitrogen and oxygen atoms in total. The summed E-state index contributed by atoms with van der Waals surface area (Å²) in [5.74, 6) is 0.594. The van der Waals surface area contributed by atoms with Crippen molar-refractivity contribution < 1.29 is 4.74 Å². The molecule has 2 rings (SSSR count). The van der Waals surface area contributed by atoms with Gasteiger partial charge in [0.2, 0.25) is 0 Å². The molecule has 0 amide bonds. The first-order valence-corrected chi connectivity index (χ1v) is 7.04. The first-order chi connectivity index (χ1) is 8.65. The zero-order chi connectivity index (χ0) is 13.1. The molecule has 0 radical (unpaired) electrons. The Bertz CT molecular complexity index is 554. The van der Waals surface area contributed by atoms with E-state index in [4.69, 9.17) is 27.9 Å². The summed E-state index contributed by atoms with van der Waals surface area (Å²) in [7, 11) is 3.50. The predicted molar refractivity (Wildman–Crippen MR) is 79.1 cm³/mol. The Morgan fingerprint density at radius 2 is 2.00 bits per heavy atom. The maximum Gasteiger partial charge on any atom is 0.138 e. The van der Waals surface area contributed by atoms with Crippen LogP contribution >= 0.6 is 34.5 Å². The highest BCUT2D eigenvalue weighted by Crippen LogP contribution is 2.38. The zero-order valence-electron chi connectivity index (χ0n) is 10.1. The van der Waals surface area contributed by atoms with Crippen molar-refractivity contribution in [3.8, 4) is 16.9 Å². The van der Waals surface area contributed by atoms with Gasteiger partial charge in [0, 0.05) is 23.1 Å². The van der Waals surface area contributed by atoms with E-state index in [9.17, 15) is 0 Å². The average Bonchev–Trinajstić information content (AvgIpc) is 2.80. The van der Waals surface area contributed by atoms with Crippen molar-refractivity contribution >= 4 is 34.5 Å². The quantitative estimate of drug-likeness (QED) is 0.901. The van der Waals surface area contributed by atoms with Gasteiger partial charge in [-0.2, -0.15) is 0 Å². The van der Waals surface area contributed by atoms with Crippen molar-refractivity contribution in [2.45, 2.75) is 6.54 Å². The van der Waals surface area contributed by atoms with Gasteiger partial charge in [0.25, 0.3) is 0 Å². The fourth-order valence-electron chi connectivity index (χ4n) is 1.70. The molecule has 0 unspecified atom stereocenters. The summed E-state index contributed by atoms with van der Waals surface area (Å²) in [4.78, 5) is 1.26. The van der Waals surface area contributed by atoms with Crippen molar-refractivity contribution in [2.24, 2.45) is 0 Å². The number of benzene rings is 1. The van der Waals surface area contributed by atoms with Crippen LogP contribution in [-0.4, -0.2) is 14.2 Å². The molecule has 96 valence electrons. The smallest absolute Gasteiger partial charge is 0.138 e. The van der Waals surface area contributed by atoms with Crippen LogP contribution in [0.25, 0.3) is 11.1 Å². The Balaban J connectivity index is 2.40. The van der Waals surface area contributed by atoms with Crippen molar-refractivity contribution in [1.29, 1.82) is 0 Å². The third kappa shape index (κ3) is 2.81. The van der Waals surface area contributed by atoms with Crippen molar-refractivity contribution in [2.75, 3.05) is 14.2 Å². The van der Waals surface area contributed by atoms with Gasteiger partial charge in [-0.3, -0.25) is 0 Å². The Labute approximate surface area is 120 Å². The summed E-state index contributed by atoms with van der Waals surface area (Å²) in [6.45, 7) is 0.853. The number of hydrogen-bond donors (Lipinski definition) is 1. The monoisotopic (exact) mass is 301 g/mol. The molecular formula is C13H13Cl2NOS. The molecule has 1 aromatic carbocycles. The maximum atomic E-state index is 6.25. The van der Waals surface area contributed by atoms with Crippen LogP contribution in [0, 0.1) is 0 Å². The van der Waals surface area contributed by atoms with E-state index in [1.54, 1.807) is 24.5 Å². The fourth-order valence-corrected chi connectivity index (χ4v) is 3.09. The molecule has 0 spiro atoms. The lowest BCUT2D eigenvalue weighted by molar-refractivity contribution is 0.415. The second-order valence-corrected chi connectivity index (χ2v) is 5.61. The molecule has 1 N–H and O–H groups in total. The summed E-state index contributed by atoms with van der Waals surface area (Å²) in [6, 6.07) is 5.70. The summed E-state index contributed by atoms with van der Waals surface area (Å²) in [5, 5.41) is 6.42. The van der Waals surface area contributed by atoms with Gasteiger partial charge in [0.05, 0.1) is 17.2 Å². The number of hydrogen-bond acceptors (Lipinski definition) is 3. The normalized spacial score (nSPS) is 10.7. The van der Waals surface area contributed by atoms with Crippen LogP contribution in [0.3, 0.4) is 0 Å². The van der Waals surface area contributed by atoms with Gasteiger partial charge in [-0.25, -0.2) is 0 Å². The van der Waals surface area contributed by atoms with E-state index < -0.39 is 0 Å². The van der Waals surface area contributed by atoms with Gasteiger partial charge < -0.3 is 10.1 Å². The lowest BCUT2D eigenvalue weighted by Gasteiger charge is -2.07. The van der Waals surface area contributed by atoms with E-state index in [2.05, 4.69) is 16.8 Å². The molecule has 1 aromatic heterocycles. The maximum absolute atomic E-state index is 6.25. The van der Waals surface area contributed by atoms with Crippen molar-refractivity contribution in [3.05, 3.63) is 38.5 Å². The predicted octanol–water partition coefficient (Wildman–Crippen LogP) is 4.45. The molecule has 0 fully saturated rings. The number of nitrogens with one attached hydrogen (secondary N) is 1. The number of halogens is 2. The number of ether oxygens (including phenoxy) is 1. The van der Waals surface area contributed by atoms with Crippen LogP contribution in [0.15, 0.2) is 23.6 Å². The number of rotatable bonds is 4. The van der Waals surface area contributed by atoms with Crippen LogP contribution in [-0.2, 0) is 6.54 Å². The standard InChI is InChI=1S/C13H13Cl2NOS/c1-16-6-9-3-8(7-18-9)10-4-12(15)13(17-2)5-11(10)14/h3-5,7,16H,6H2,1-2H3. The molecule has 0 bridgehead atoms. The van der Waals surface area contributed by atoms with Gasteiger partial charge in [0.1, 0.15) is 5.75 Å². The highest BCUT2D eigenvalue weighted by molar-refractivity contribution is 7.10. The third-order valence-corrected chi connectivity index (χ3v) is 4.10. The minimum atomic E-state index is 0.568. The topological polar surface area (TPSA) is 21.3 Å². The summed E-state index contributed by atoms with van der Waals surface area (Å²) < 4.78 is 5.14. The van der Waals surface area contributed by atoms with Crippen LogP contribution in [0.4, 0.5) is 0 Å². The second-order valence-electron chi connectivity index (χ2n) is 3.80. The molecule has 0 aliphatic rings. The summed E-state index contributed by atoms with van der Waals surface area (Å²) in [6.07, 6.45) is 0. The van der Waals surface area contributed by atoms with E-state index in [-0.39, 0.29) is 0 Å². The van der Waals surface area contributed by atoms with Gasteiger partial charge >= 0.3 is 0 Å². The fraction of sp³-hybridized carbons (Fsp3) is 0.231. The minimum absolute atomic E-state index is 0.568. The lowest BCUT2D eigenvalue weighted by Crippen LogP contribution is -2.02.